The Bertz CT molecular complexity index is 1500. The van der Waals surface area contributed by atoms with Gasteiger partial charge in [0, 0.05) is 17.4 Å². The van der Waals surface area contributed by atoms with Crippen LogP contribution in [0.2, 0.25) is 0 Å². The molecule has 1 aromatic heterocycles. The Morgan fingerprint density at radius 2 is 1.71 bits per heavy atom. The average molecular weight is 613 g/mol. The maximum atomic E-state index is 15.4. The zero-order valence-corrected chi connectivity index (χ0v) is 25.3. The molecule has 0 saturated heterocycles. The molecule has 3 aliphatic rings. The molecule has 2 aromatic rings. The molecular formula is C27H35F2N4O8P. The van der Waals surface area contributed by atoms with Crippen LogP contribution in [0.5, 0.6) is 0 Å². The van der Waals surface area contributed by atoms with Crippen LogP contribution in [0.1, 0.15) is 72.8 Å². The first-order valence-corrected chi connectivity index (χ1v) is 14.8. The lowest BCUT2D eigenvalue weighted by molar-refractivity contribution is -0.239. The normalized spacial score (nSPS) is 21.7. The second-order valence-electron chi connectivity index (χ2n) is 13.6. The topological polar surface area (TPSA) is 164 Å². The Morgan fingerprint density at radius 1 is 1.12 bits per heavy atom. The molecule has 12 nitrogen and oxygen atoms in total. The molecule has 42 heavy (non-hydrogen) atoms. The van der Waals surface area contributed by atoms with Crippen LogP contribution in [0.15, 0.2) is 6.07 Å². The number of ether oxygens (including phenoxy) is 2. The summed E-state index contributed by atoms with van der Waals surface area (Å²) in [7, 11) is -4.57. The second kappa shape index (κ2) is 10.6. The molecule has 0 unspecified atom stereocenters. The standard InChI is InChI=1S/C27H35F2N4O8P/c1-24(2,3)8-18(34)32(15-40-23(35)39-13-26-10-27(11-26,12-26)14-41-42(36,37)38)22-31-20-17(28)7-16(9-30)19(29)21(20)33(22)25(4,5)6/h7H,8,10-15H2,1-6H3,(H2,36,37,38). The average Bonchev–Trinajstić information content (AvgIpc) is 3.19. The molecule has 2 bridgehead atoms. The Balaban J connectivity index is 1.54. The van der Waals surface area contributed by atoms with Crippen molar-refractivity contribution in [3.8, 4) is 6.07 Å². The van der Waals surface area contributed by atoms with Crippen molar-refractivity contribution >= 4 is 36.9 Å². The minimum atomic E-state index is -4.57. The molecule has 230 valence electrons. The number of halogens is 2. The Kier molecular flexibility index (Phi) is 8.00. The first-order chi connectivity index (χ1) is 19.2. The first kappa shape index (κ1) is 31.8. The van der Waals surface area contributed by atoms with Gasteiger partial charge in [0.05, 0.1) is 12.2 Å². The predicted octanol–water partition coefficient (Wildman–Crippen LogP) is 5.10. The van der Waals surface area contributed by atoms with Crippen molar-refractivity contribution in [1.82, 2.24) is 9.55 Å². The van der Waals surface area contributed by atoms with Crippen LogP contribution in [0.3, 0.4) is 0 Å². The van der Waals surface area contributed by atoms with Gasteiger partial charge in [-0.3, -0.25) is 9.32 Å². The van der Waals surface area contributed by atoms with Gasteiger partial charge in [0.2, 0.25) is 11.9 Å². The number of rotatable bonds is 9. The minimum Gasteiger partial charge on any atom is -0.434 e. The fourth-order valence-electron chi connectivity index (χ4n) is 5.98. The van der Waals surface area contributed by atoms with Crippen molar-refractivity contribution in [2.24, 2.45) is 16.2 Å². The van der Waals surface area contributed by atoms with Crippen LogP contribution in [-0.2, 0) is 28.9 Å². The van der Waals surface area contributed by atoms with Gasteiger partial charge >= 0.3 is 14.0 Å². The number of phosphoric acid groups is 1. The number of aromatic nitrogens is 2. The molecule has 0 aliphatic heterocycles. The van der Waals surface area contributed by atoms with Gasteiger partial charge in [-0.1, -0.05) is 20.8 Å². The van der Waals surface area contributed by atoms with Gasteiger partial charge in [0.1, 0.15) is 23.7 Å². The molecule has 1 aromatic carbocycles. The van der Waals surface area contributed by atoms with Gasteiger partial charge < -0.3 is 23.8 Å². The van der Waals surface area contributed by atoms with Gasteiger partial charge in [-0.15, -0.1) is 0 Å². The maximum Gasteiger partial charge on any atom is 0.510 e. The Labute approximate surface area is 241 Å². The van der Waals surface area contributed by atoms with Gasteiger partial charge in [0.15, 0.2) is 18.4 Å². The first-order valence-electron chi connectivity index (χ1n) is 13.3. The largest absolute Gasteiger partial charge is 0.510 e. The van der Waals surface area contributed by atoms with E-state index < -0.39 is 54.8 Å². The van der Waals surface area contributed by atoms with Gasteiger partial charge in [-0.05, 0) is 56.9 Å². The number of carbonyl (C=O) groups is 2. The molecule has 15 heteroatoms. The number of anilines is 1. The summed E-state index contributed by atoms with van der Waals surface area (Å²) in [5.74, 6) is -2.63. The van der Waals surface area contributed by atoms with Crippen molar-refractivity contribution in [3.05, 3.63) is 23.3 Å². The summed E-state index contributed by atoms with van der Waals surface area (Å²) in [6.07, 6.45) is 0.619. The Hall–Kier alpha value is -3.11. The van der Waals surface area contributed by atoms with E-state index in [4.69, 9.17) is 19.3 Å². The van der Waals surface area contributed by atoms with E-state index in [9.17, 15) is 23.8 Å². The van der Waals surface area contributed by atoms with E-state index in [0.717, 1.165) is 11.0 Å². The number of nitriles is 1. The fraction of sp³-hybridized carbons (Fsp3) is 0.630. The summed E-state index contributed by atoms with van der Waals surface area (Å²) in [4.78, 5) is 49.2. The van der Waals surface area contributed by atoms with Crippen LogP contribution >= 0.6 is 7.82 Å². The number of carbonyl (C=O) groups excluding carboxylic acids is 2. The van der Waals surface area contributed by atoms with Crippen LogP contribution < -0.4 is 4.90 Å². The third kappa shape index (κ3) is 6.44. The van der Waals surface area contributed by atoms with E-state index in [1.165, 1.54) is 4.57 Å². The second-order valence-corrected chi connectivity index (χ2v) is 14.9. The number of amides is 1. The predicted molar refractivity (Wildman–Crippen MR) is 145 cm³/mol. The summed E-state index contributed by atoms with van der Waals surface area (Å²) < 4.78 is 57.8. The molecule has 1 amide bonds. The number of hydrogen-bond donors (Lipinski definition) is 2. The van der Waals surface area contributed by atoms with E-state index in [2.05, 4.69) is 9.51 Å². The van der Waals surface area contributed by atoms with Crippen molar-refractivity contribution < 1.29 is 46.7 Å². The monoisotopic (exact) mass is 612 g/mol. The summed E-state index contributed by atoms with van der Waals surface area (Å²) >= 11 is 0. The third-order valence-corrected chi connectivity index (χ3v) is 7.88. The number of benzene rings is 1. The van der Waals surface area contributed by atoms with Crippen LogP contribution in [0.25, 0.3) is 11.0 Å². The molecule has 3 aliphatic carbocycles. The van der Waals surface area contributed by atoms with E-state index in [1.807, 2.05) is 20.8 Å². The van der Waals surface area contributed by atoms with Crippen molar-refractivity contribution in [2.45, 2.75) is 72.8 Å². The van der Waals surface area contributed by atoms with Crippen LogP contribution in [-0.4, -0.2) is 51.3 Å². The highest BCUT2D eigenvalue weighted by atomic mass is 31.2. The van der Waals surface area contributed by atoms with Crippen molar-refractivity contribution in [1.29, 1.82) is 5.26 Å². The van der Waals surface area contributed by atoms with Gasteiger partial charge in [0.25, 0.3) is 0 Å². The zero-order chi connectivity index (χ0) is 31.5. The van der Waals surface area contributed by atoms with E-state index >= 15 is 4.39 Å². The molecule has 0 spiro atoms. The quantitative estimate of drug-likeness (QED) is 0.221. The molecule has 1 heterocycles. The highest BCUT2D eigenvalue weighted by Crippen LogP contribution is 2.74. The molecule has 0 atom stereocenters. The lowest BCUT2D eigenvalue weighted by atomic mass is 9.36. The lowest BCUT2D eigenvalue weighted by Gasteiger charge is -2.70. The molecule has 5 rings (SSSR count). The molecule has 0 radical (unpaired) electrons. The number of nitrogens with zero attached hydrogens (tertiary/aromatic N) is 4. The maximum absolute atomic E-state index is 15.4. The smallest absolute Gasteiger partial charge is 0.434 e. The summed E-state index contributed by atoms with van der Waals surface area (Å²) in [5, 5.41) is 9.32. The van der Waals surface area contributed by atoms with Crippen LogP contribution in [0.4, 0.5) is 19.5 Å². The summed E-state index contributed by atoms with van der Waals surface area (Å²) in [5.41, 5.74) is -3.32. The van der Waals surface area contributed by atoms with Crippen molar-refractivity contribution in [3.63, 3.8) is 0 Å². The lowest BCUT2D eigenvalue weighted by Crippen LogP contribution is -2.65. The van der Waals surface area contributed by atoms with E-state index in [-0.39, 0.29) is 47.4 Å². The molecule has 3 saturated carbocycles. The number of hydrogen-bond acceptors (Lipinski definition) is 8. The van der Waals surface area contributed by atoms with Gasteiger partial charge in [-0.25, -0.2) is 28.0 Å². The fourth-order valence-corrected chi connectivity index (χ4v) is 6.42. The highest BCUT2D eigenvalue weighted by Gasteiger charge is 2.68. The third-order valence-electron chi connectivity index (χ3n) is 7.41. The van der Waals surface area contributed by atoms with Gasteiger partial charge in [-0.2, -0.15) is 5.26 Å². The number of imidazole rings is 1. The van der Waals surface area contributed by atoms with E-state index in [0.29, 0.717) is 19.3 Å². The van der Waals surface area contributed by atoms with Crippen molar-refractivity contribution in [2.75, 3.05) is 24.8 Å². The number of phosphoric ester groups is 1. The number of fused-ring (bicyclic) bond motifs is 1. The minimum absolute atomic E-state index is 0.00724. The van der Waals surface area contributed by atoms with E-state index in [1.54, 1.807) is 26.8 Å². The summed E-state index contributed by atoms with van der Waals surface area (Å²) in [6.45, 7) is 9.81. The molecule has 2 N–H and O–H groups in total. The van der Waals surface area contributed by atoms with Crippen LogP contribution in [0, 0.1) is 39.2 Å². The SMILES string of the molecule is CC(C)(C)CC(=O)N(COC(=O)OCC12CC(COP(=O)(O)O)(C1)C2)c1nc2c(F)cc(C#N)c(F)c2n1C(C)(C)C. The highest BCUT2D eigenvalue weighted by molar-refractivity contribution is 7.46. The molecular weight excluding hydrogens is 577 g/mol. The zero-order valence-electron chi connectivity index (χ0n) is 24.4. The molecule has 3 fully saturated rings. The summed E-state index contributed by atoms with van der Waals surface area (Å²) in [6, 6.07) is 2.37. The Morgan fingerprint density at radius 3 is 2.24 bits per heavy atom.